The van der Waals surface area contributed by atoms with Gasteiger partial charge >= 0.3 is 0 Å². The molecule has 0 N–H and O–H groups in total. The van der Waals surface area contributed by atoms with Gasteiger partial charge in [-0.1, -0.05) is 6.42 Å². The summed E-state index contributed by atoms with van der Waals surface area (Å²) < 4.78 is 32.6. The van der Waals surface area contributed by atoms with E-state index in [4.69, 9.17) is 4.74 Å². The van der Waals surface area contributed by atoms with Crippen molar-refractivity contribution >= 4 is 10.0 Å². The minimum Gasteiger partial charge on any atom is -0.378 e. The fourth-order valence-corrected chi connectivity index (χ4v) is 5.66. The lowest BCUT2D eigenvalue weighted by Gasteiger charge is -2.40. The predicted octanol–water partition coefficient (Wildman–Crippen LogP) is 1.84. The van der Waals surface area contributed by atoms with Crippen LogP contribution >= 0.6 is 0 Å². The summed E-state index contributed by atoms with van der Waals surface area (Å²) in [6.45, 7) is 4.50. The predicted molar refractivity (Wildman–Crippen MR) is 87.4 cm³/mol. The van der Waals surface area contributed by atoms with Crippen molar-refractivity contribution in [1.29, 1.82) is 0 Å². The molecule has 128 valence electrons. The lowest BCUT2D eigenvalue weighted by atomic mass is 10.0. The van der Waals surface area contributed by atoms with Crippen LogP contribution in [0.4, 0.5) is 0 Å². The van der Waals surface area contributed by atoms with Crippen LogP contribution in [0.1, 0.15) is 51.4 Å². The molecule has 0 saturated carbocycles. The first-order valence-electron chi connectivity index (χ1n) is 8.99. The van der Waals surface area contributed by atoms with Gasteiger partial charge in [0.15, 0.2) is 0 Å². The molecule has 3 aliphatic heterocycles. The Balaban J connectivity index is 1.53. The first-order chi connectivity index (χ1) is 10.6. The maximum Gasteiger partial charge on any atom is 0.214 e. The summed E-state index contributed by atoms with van der Waals surface area (Å²) in [6.07, 6.45) is 8.93. The van der Waals surface area contributed by atoms with Crippen LogP contribution in [0.5, 0.6) is 0 Å². The largest absolute Gasteiger partial charge is 0.378 e. The SMILES string of the molecule is O=S(=O)(CCC1CCCO1)N1CCCC(N2CCCCC2)C1. The van der Waals surface area contributed by atoms with Gasteiger partial charge in [0.25, 0.3) is 0 Å². The Bertz CT molecular complexity index is 442. The number of piperidine rings is 2. The second kappa shape index (κ2) is 7.60. The van der Waals surface area contributed by atoms with Crippen molar-refractivity contribution in [3.05, 3.63) is 0 Å². The van der Waals surface area contributed by atoms with Crippen LogP contribution in [0.2, 0.25) is 0 Å². The third kappa shape index (κ3) is 4.22. The van der Waals surface area contributed by atoms with Gasteiger partial charge in [-0.2, -0.15) is 0 Å². The van der Waals surface area contributed by atoms with E-state index in [0.29, 0.717) is 25.6 Å². The molecule has 3 heterocycles. The van der Waals surface area contributed by atoms with Gasteiger partial charge in [0, 0.05) is 25.7 Å². The molecular formula is C16H30N2O3S. The number of nitrogens with zero attached hydrogens (tertiary/aromatic N) is 2. The normalized spacial score (nSPS) is 32.4. The van der Waals surface area contributed by atoms with E-state index in [1.807, 2.05) is 0 Å². The molecule has 6 heteroatoms. The lowest BCUT2D eigenvalue weighted by Crippen LogP contribution is -2.51. The summed E-state index contributed by atoms with van der Waals surface area (Å²) in [5.41, 5.74) is 0. The van der Waals surface area contributed by atoms with Crippen LogP contribution in [0.25, 0.3) is 0 Å². The first-order valence-corrected chi connectivity index (χ1v) is 10.6. The molecule has 3 saturated heterocycles. The second-order valence-corrected chi connectivity index (χ2v) is 9.08. The average molecular weight is 330 g/mol. The van der Waals surface area contributed by atoms with Crippen molar-refractivity contribution < 1.29 is 13.2 Å². The van der Waals surface area contributed by atoms with Crippen molar-refractivity contribution in [1.82, 2.24) is 9.21 Å². The Morgan fingerprint density at radius 2 is 1.77 bits per heavy atom. The smallest absolute Gasteiger partial charge is 0.214 e. The molecule has 0 bridgehead atoms. The number of ether oxygens (including phenoxy) is 1. The molecule has 3 rings (SSSR count). The fourth-order valence-electron chi connectivity index (χ4n) is 4.04. The molecule has 0 aromatic heterocycles. The molecule has 0 radical (unpaired) electrons. The topological polar surface area (TPSA) is 49.9 Å². The van der Waals surface area contributed by atoms with E-state index in [1.54, 1.807) is 4.31 Å². The number of hydrogen-bond donors (Lipinski definition) is 0. The zero-order valence-electron chi connectivity index (χ0n) is 13.6. The molecule has 3 fully saturated rings. The maximum atomic E-state index is 12.6. The third-order valence-corrected chi connectivity index (χ3v) is 7.25. The van der Waals surface area contributed by atoms with Crippen molar-refractivity contribution in [3.8, 4) is 0 Å². The number of likely N-dealkylation sites (tertiary alicyclic amines) is 1. The second-order valence-electron chi connectivity index (χ2n) is 6.99. The Morgan fingerprint density at radius 3 is 2.50 bits per heavy atom. The average Bonchev–Trinajstić information content (AvgIpc) is 3.08. The van der Waals surface area contributed by atoms with E-state index in [9.17, 15) is 8.42 Å². The minimum absolute atomic E-state index is 0.164. The van der Waals surface area contributed by atoms with E-state index in [2.05, 4.69) is 4.90 Å². The van der Waals surface area contributed by atoms with Crippen LogP contribution in [-0.4, -0.2) is 68.3 Å². The van der Waals surface area contributed by atoms with Crippen LogP contribution in [0.15, 0.2) is 0 Å². The summed E-state index contributed by atoms with van der Waals surface area (Å²) in [6, 6.07) is 0.437. The van der Waals surface area contributed by atoms with Gasteiger partial charge in [-0.05, 0) is 58.0 Å². The third-order valence-electron chi connectivity index (χ3n) is 5.38. The molecule has 0 aromatic rings. The minimum atomic E-state index is -3.12. The maximum absolute atomic E-state index is 12.6. The van der Waals surface area contributed by atoms with E-state index >= 15 is 0 Å². The van der Waals surface area contributed by atoms with Crippen LogP contribution in [-0.2, 0) is 14.8 Å². The molecule has 2 atom stereocenters. The van der Waals surface area contributed by atoms with Gasteiger partial charge in [-0.3, -0.25) is 4.90 Å². The molecule has 0 aromatic carbocycles. The number of hydrogen-bond acceptors (Lipinski definition) is 4. The zero-order valence-corrected chi connectivity index (χ0v) is 14.4. The van der Waals surface area contributed by atoms with Gasteiger partial charge in [-0.25, -0.2) is 12.7 Å². The van der Waals surface area contributed by atoms with Gasteiger partial charge in [0.2, 0.25) is 10.0 Å². The molecule has 22 heavy (non-hydrogen) atoms. The van der Waals surface area contributed by atoms with Crippen LogP contribution in [0.3, 0.4) is 0 Å². The summed E-state index contributed by atoms with van der Waals surface area (Å²) in [5.74, 6) is 0.254. The van der Waals surface area contributed by atoms with Crippen LogP contribution in [0, 0.1) is 0 Å². The quantitative estimate of drug-likeness (QED) is 0.772. The molecule has 0 spiro atoms. The van der Waals surface area contributed by atoms with Gasteiger partial charge in [0.05, 0.1) is 11.9 Å². The van der Waals surface area contributed by atoms with Crippen molar-refractivity contribution in [3.63, 3.8) is 0 Å². The molecular weight excluding hydrogens is 300 g/mol. The highest BCUT2D eigenvalue weighted by Gasteiger charge is 2.32. The van der Waals surface area contributed by atoms with E-state index in [1.165, 1.54) is 19.3 Å². The standard InChI is InChI=1S/C16H30N2O3S/c19-22(20,13-8-16-7-5-12-21-16)18-11-4-6-15(14-18)17-9-2-1-3-10-17/h15-16H,1-14H2. The highest BCUT2D eigenvalue weighted by Crippen LogP contribution is 2.23. The van der Waals surface area contributed by atoms with E-state index < -0.39 is 10.0 Å². The Kier molecular flexibility index (Phi) is 5.76. The van der Waals surface area contributed by atoms with Crippen molar-refractivity contribution in [2.24, 2.45) is 0 Å². The molecule has 5 nitrogen and oxygen atoms in total. The lowest BCUT2D eigenvalue weighted by molar-refractivity contribution is 0.106. The summed E-state index contributed by atoms with van der Waals surface area (Å²) in [4.78, 5) is 2.52. The van der Waals surface area contributed by atoms with Gasteiger partial charge in [0.1, 0.15) is 0 Å². The molecule has 0 aliphatic carbocycles. The summed E-state index contributed by atoms with van der Waals surface area (Å²) in [5, 5.41) is 0. The fraction of sp³-hybridized carbons (Fsp3) is 1.00. The zero-order chi connectivity index (χ0) is 15.4. The Morgan fingerprint density at radius 1 is 0.955 bits per heavy atom. The monoisotopic (exact) mass is 330 g/mol. The number of rotatable bonds is 5. The number of sulfonamides is 1. The highest BCUT2D eigenvalue weighted by atomic mass is 32.2. The summed E-state index contributed by atoms with van der Waals surface area (Å²) >= 11 is 0. The molecule has 2 unspecified atom stereocenters. The van der Waals surface area contributed by atoms with Gasteiger partial charge in [-0.15, -0.1) is 0 Å². The van der Waals surface area contributed by atoms with E-state index in [0.717, 1.165) is 45.4 Å². The summed E-state index contributed by atoms with van der Waals surface area (Å²) in [7, 11) is -3.12. The highest BCUT2D eigenvalue weighted by molar-refractivity contribution is 7.89. The molecule has 3 aliphatic rings. The van der Waals surface area contributed by atoms with Crippen molar-refractivity contribution in [2.45, 2.75) is 63.5 Å². The Hall–Kier alpha value is -0.170. The first kappa shape index (κ1) is 16.7. The van der Waals surface area contributed by atoms with Gasteiger partial charge < -0.3 is 4.74 Å². The Labute approximate surface area is 135 Å². The van der Waals surface area contributed by atoms with Crippen LogP contribution < -0.4 is 0 Å². The molecule has 0 amide bonds. The van der Waals surface area contributed by atoms with Crippen molar-refractivity contribution in [2.75, 3.05) is 38.5 Å². The van der Waals surface area contributed by atoms with E-state index in [-0.39, 0.29) is 11.9 Å².